The molecule has 0 atom stereocenters. The Kier molecular flexibility index (Phi) is 5.64. The van der Waals surface area contributed by atoms with E-state index in [1.54, 1.807) is 0 Å². The van der Waals surface area contributed by atoms with Crippen LogP contribution >= 0.6 is 15.9 Å². The Morgan fingerprint density at radius 2 is 1.96 bits per heavy atom. The first-order valence-corrected chi connectivity index (χ1v) is 9.66. The van der Waals surface area contributed by atoms with Crippen molar-refractivity contribution in [3.05, 3.63) is 46.1 Å². The van der Waals surface area contributed by atoms with Gasteiger partial charge in [-0.2, -0.15) is 0 Å². The highest BCUT2D eigenvalue weighted by Gasteiger charge is 2.24. The number of halogens is 1. The minimum Gasteiger partial charge on any atom is -0.348 e. The molecule has 1 aliphatic heterocycles. The fourth-order valence-electron chi connectivity index (χ4n) is 3.42. The van der Waals surface area contributed by atoms with Crippen molar-refractivity contribution in [2.45, 2.75) is 32.7 Å². The van der Waals surface area contributed by atoms with E-state index in [-0.39, 0.29) is 11.9 Å². The number of amides is 1. The van der Waals surface area contributed by atoms with Crippen LogP contribution in [-0.2, 0) is 7.05 Å². The summed E-state index contributed by atoms with van der Waals surface area (Å²) in [6, 6.07) is 8.33. The number of fused-ring (bicyclic) bond motifs is 1. The summed E-state index contributed by atoms with van der Waals surface area (Å²) < 4.78 is 2.85. The molecule has 1 aromatic carbocycles. The number of para-hydroxylation sites is 1. The average Bonchev–Trinajstić information content (AvgIpc) is 2.86. The molecule has 134 valence electrons. The molecule has 1 saturated heterocycles. The number of benzene rings is 1. The first kappa shape index (κ1) is 18.2. The van der Waals surface area contributed by atoms with Crippen LogP contribution in [0.5, 0.6) is 0 Å². The number of hydrogen-bond acceptors (Lipinski definition) is 2. The van der Waals surface area contributed by atoms with E-state index in [1.807, 2.05) is 35.9 Å². The lowest BCUT2D eigenvalue weighted by Crippen LogP contribution is -2.45. The second kappa shape index (κ2) is 7.75. The van der Waals surface area contributed by atoms with Crippen molar-refractivity contribution < 1.29 is 4.79 Å². The van der Waals surface area contributed by atoms with Gasteiger partial charge in [0.1, 0.15) is 5.69 Å². The van der Waals surface area contributed by atoms with Crippen LogP contribution in [0.3, 0.4) is 0 Å². The van der Waals surface area contributed by atoms with Gasteiger partial charge in [0.15, 0.2) is 0 Å². The van der Waals surface area contributed by atoms with Crippen LogP contribution in [0.15, 0.2) is 40.4 Å². The molecule has 5 heteroatoms. The molecule has 0 aliphatic carbocycles. The average molecular weight is 404 g/mol. The zero-order chi connectivity index (χ0) is 18.0. The zero-order valence-corrected chi connectivity index (χ0v) is 16.8. The van der Waals surface area contributed by atoms with Crippen molar-refractivity contribution in [3.63, 3.8) is 0 Å². The summed E-state index contributed by atoms with van der Waals surface area (Å²) >= 11 is 3.62. The number of piperidine rings is 1. The lowest BCUT2D eigenvalue weighted by atomic mass is 10.0. The summed E-state index contributed by atoms with van der Waals surface area (Å²) in [5.74, 6) is 0.00771. The highest BCUT2D eigenvalue weighted by Crippen LogP contribution is 2.30. The monoisotopic (exact) mass is 403 g/mol. The molecule has 0 bridgehead atoms. The minimum absolute atomic E-state index is 0.00771. The van der Waals surface area contributed by atoms with Gasteiger partial charge < -0.3 is 9.88 Å². The number of carbonyl (C=O) groups excluding carboxylic acids is 1. The molecule has 25 heavy (non-hydrogen) atoms. The number of hydrogen-bond donors (Lipinski definition) is 1. The van der Waals surface area contributed by atoms with Gasteiger partial charge in [-0.15, -0.1) is 0 Å². The van der Waals surface area contributed by atoms with Crippen molar-refractivity contribution in [2.75, 3.05) is 19.6 Å². The summed E-state index contributed by atoms with van der Waals surface area (Å²) in [6.45, 7) is 7.34. The number of aryl methyl sites for hydroxylation is 1. The third kappa shape index (κ3) is 3.98. The van der Waals surface area contributed by atoms with E-state index in [0.717, 1.165) is 47.9 Å². The van der Waals surface area contributed by atoms with Gasteiger partial charge in [0.25, 0.3) is 5.91 Å². The normalized spacial score (nSPS) is 16.2. The second-order valence-electron chi connectivity index (χ2n) is 7.07. The van der Waals surface area contributed by atoms with Crippen LogP contribution in [0.2, 0.25) is 0 Å². The Morgan fingerprint density at radius 1 is 1.28 bits per heavy atom. The molecule has 1 N–H and O–H groups in total. The standard InChI is InChI=1S/C20H26BrN3O/c1-14(2)8-11-24-12-9-15(10-13-24)22-20(25)19-18(21)16-6-4-5-7-17(16)23(19)3/h4-8,15H,9-13H2,1-3H3,(H,22,25). The van der Waals surface area contributed by atoms with Crippen molar-refractivity contribution >= 4 is 32.7 Å². The fourth-order valence-corrected chi connectivity index (χ4v) is 4.21. The number of nitrogens with zero attached hydrogens (tertiary/aromatic N) is 2. The van der Waals surface area contributed by atoms with Gasteiger partial charge in [-0.25, -0.2) is 0 Å². The third-order valence-electron chi connectivity index (χ3n) is 4.94. The Balaban J connectivity index is 1.65. The smallest absolute Gasteiger partial charge is 0.269 e. The summed E-state index contributed by atoms with van der Waals surface area (Å²) in [6.07, 6.45) is 4.28. The van der Waals surface area contributed by atoms with Gasteiger partial charge in [-0.05, 0) is 48.7 Å². The summed E-state index contributed by atoms with van der Waals surface area (Å²) in [5.41, 5.74) is 3.13. The van der Waals surface area contributed by atoms with Crippen LogP contribution in [0, 0.1) is 0 Å². The summed E-state index contributed by atoms with van der Waals surface area (Å²) in [5, 5.41) is 4.31. The first-order chi connectivity index (χ1) is 12.0. The first-order valence-electron chi connectivity index (χ1n) is 8.87. The molecule has 0 unspecified atom stereocenters. The highest BCUT2D eigenvalue weighted by molar-refractivity contribution is 9.10. The maximum absolute atomic E-state index is 12.8. The van der Waals surface area contributed by atoms with Gasteiger partial charge in [0, 0.05) is 43.6 Å². The van der Waals surface area contributed by atoms with Crippen molar-refractivity contribution in [1.82, 2.24) is 14.8 Å². The van der Waals surface area contributed by atoms with Crippen LogP contribution in [0.25, 0.3) is 10.9 Å². The topological polar surface area (TPSA) is 37.3 Å². The van der Waals surface area contributed by atoms with Gasteiger partial charge in [-0.1, -0.05) is 29.8 Å². The van der Waals surface area contributed by atoms with Gasteiger partial charge in [-0.3, -0.25) is 9.69 Å². The molecule has 1 aromatic heterocycles. The van der Waals surface area contributed by atoms with Gasteiger partial charge >= 0.3 is 0 Å². The fraction of sp³-hybridized carbons (Fsp3) is 0.450. The van der Waals surface area contributed by atoms with Crippen LogP contribution in [-0.4, -0.2) is 41.1 Å². The Hall–Kier alpha value is -1.59. The quantitative estimate of drug-likeness (QED) is 0.780. The molecule has 1 amide bonds. The van der Waals surface area contributed by atoms with E-state index in [1.165, 1.54) is 5.57 Å². The molecule has 1 aliphatic rings. The molecule has 0 spiro atoms. The molecule has 3 rings (SSSR count). The molecule has 2 heterocycles. The second-order valence-corrected chi connectivity index (χ2v) is 7.86. The molecular formula is C20H26BrN3O. The van der Waals surface area contributed by atoms with E-state index < -0.39 is 0 Å². The lowest BCUT2D eigenvalue weighted by molar-refractivity contribution is 0.0905. The number of carbonyl (C=O) groups is 1. The van der Waals surface area contributed by atoms with Gasteiger partial charge in [0.2, 0.25) is 0 Å². The predicted molar refractivity (Wildman–Crippen MR) is 107 cm³/mol. The van der Waals surface area contributed by atoms with Crippen molar-refractivity contribution in [2.24, 2.45) is 7.05 Å². The Labute approximate surface area is 158 Å². The molecular weight excluding hydrogens is 378 g/mol. The predicted octanol–water partition coefficient (Wildman–Crippen LogP) is 4.10. The number of allylic oxidation sites excluding steroid dienone is 1. The summed E-state index contributed by atoms with van der Waals surface area (Å²) in [7, 11) is 1.95. The molecule has 0 saturated carbocycles. The number of likely N-dealkylation sites (tertiary alicyclic amines) is 1. The zero-order valence-electron chi connectivity index (χ0n) is 15.2. The molecule has 2 aromatic rings. The van der Waals surface area contributed by atoms with E-state index in [4.69, 9.17) is 0 Å². The molecule has 1 fully saturated rings. The number of rotatable bonds is 4. The maximum Gasteiger partial charge on any atom is 0.269 e. The Bertz CT molecular complexity index is 758. The van der Waals surface area contributed by atoms with E-state index in [2.05, 4.69) is 46.1 Å². The minimum atomic E-state index is 0.00771. The van der Waals surface area contributed by atoms with E-state index in [0.29, 0.717) is 5.69 Å². The van der Waals surface area contributed by atoms with E-state index >= 15 is 0 Å². The lowest BCUT2D eigenvalue weighted by Gasteiger charge is -2.31. The van der Waals surface area contributed by atoms with Crippen LogP contribution in [0.4, 0.5) is 0 Å². The van der Waals surface area contributed by atoms with Crippen LogP contribution < -0.4 is 5.32 Å². The van der Waals surface area contributed by atoms with Crippen molar-refractivity contribution in [1.29, 1.82) is 0 Å². The van der Waals surface area contributed by atoms with E-state index in [9.17, 15) is 4.79 Å². The molecule has 0 radical (unpaired) electrons. The number of aromatic nitrogens is 1. The number of nitrogens with one attached hydrogen (secondary N) is 1. The van der Waals surface area contributed by atoms with Crippen molar-refractivity contribution in [3.8, 4) is 0 Å². The third-order valence-corrected chi connectivity index (χ3v) is 5.74. The van der Waals surface area contributed by atoms with Crippen LogP contribution in [0.1, 0.15) is 37.2 Å². The SMILES string of the molecule is CC(C)=CCN1CCC(NC(=O)c2c(Br)c3ccccc3n2C)CC1. The molecule has 4 nitrogen and oxygen atoms in total. The summed E-state index contributed by atoms with van der Waals surface area (Å²) in [4.78, 5) is 15.3. The largest absolute Gasteiger partial charge is 0.348 e. The Morgan fingerprint density at radius 3 is 2.60 bits per heavy atom. The highest BCUT2D eigenvalue weighted by atomic mass is 79.9. The maximum atomic E-state index is 12.8. The van der Waals surface area contributed by atoms with Gasteiger partial charge in [0.05, 0.1) is 4.47 Å².